The molecule has 1 atom stereocenters. The maximum absolute atomic E-state index is 4.33. The van der Waals surface area contributed by atoms with Crippen LogP contribution in [0.15, 0.2) is 30.5 Å². The first-order chi connectivity index (χ1) is 9.29. The summed E-state index contributed by atoms with van der Waals surface area (Å²) in [6, 6.07) is 8.25. The molecule has 0 saturated carbocycles. The van der Waals surface area contributed by atoms with Crippen LogP contribution in [-0.2, 0) is 7.05 Å². The number of rotatable bonds is 4. The molecule has 6 heteroatoms. The molecule has 0 bridgehead atoms. The summed E-state index contributed by atoms with van der Waals surface area (Å²) in [6.45, 7) is 0.771. The van der Waals surface area contributed by atoms with Gasteiger partial charge in [0.05, 0.1) is 13.0 Å². The van der Waals surface area contributed by atoms with Gasteiger partial charge in [0.15, 0.2) is 5.82 Å². The molecule has 1 unspecified atom stereocenters. The predicted octanol–water partition coefficient (Wildman–Crippen LogP) is 1.04. The summed E-state index contributed by atoms with van der Waals surface area (Å²) in [5.41, 5.74) is 2.32. The van der Waals surface area contributed by atoms with E-state index in [-0.39, 0.29) is 5.92 Å². The molecule has 0 saturated heterocycles. The number of benzene rings is 1. The number of aromatic amines is 1. The van der Waals surface area contributed by atoms with Crippen molar-refractivity contribution in [1.29, 1.82) is 0 Å². The van der Waals surface area contributed by atoms with Crippen LogP contribution in [0, 0.1) is 0 Å². The molecule has 0 spiro atoms. The van der Waals surface area contributed by atoms with E-state index in [1.807, 2.05) is 25.4 Å². The first kappa shape index (κ1) is 11.9. The van der Waals surface area contributed by atoms with E-state index in [1.165, 1.54) is 15.7 Å². The third kappa shape index (κ3) is 2.10. The van der Waals surface area contributed by atoms with Gasteiger partial charge < -0.3 is 10.3 Å². The molecule has 98 valence electrons. The molecule has 2 heterocycles. The Balaban J connectivity index is 2.09. The Morgan fingerprint density at radius 3 is 2.95 bits per heavy atom. The fourth-order valence-electron chi connectivity index (χ4n) is 2.36. The highest BCUT2D eigenvalue weighted by Gasteiger charge is 2.21. The molecular formula is C13H16N6. The Hall–Kier alpha value is -2.21. The molecule has 2 N–H and O–H groups in total. The monoisotopic (exact) mass is 256 g/mol. The Kier molecular flexibility index (Phi) is 3.00. The minimum absolute atomic E-state index is 0.0925. The van der Waals surface area contributed by atoms with E-state index in [0.717, 1.165) is 17.9 Å². The lowest BCUT2D eigenvalue weighted by Gasteiger charge is -2.11. The summed E-state index contributed by atoms with van der Waals surface area (Å²) < 4.78 is 0. The third-order valence-electron chi connectivity index (χ3n) is 3.24. The lowest BCUT2D eigenvalue weighted by atomic mass is 9.98. The molecule has 0 radical (unpaired) electrons. The molecule has 0 amide bonds. The van der Waals surface area contributed by atoms with Crippen LogP contribution in [-0.4, -0.2) is 38.8 Å². The molecule has 19 heavy (non-hydrogen) atoms. The van der Waals surface area contributed by atoms with Gasteiger partial charge >= 0.3 is 0 Å². The first-order valence-electron chi connectivity index (χ1n) is 6.24. The van der Waals surface area contributed by atoms with Crippen LogP contribution < -0.4 is 5.32 Å². The zero-order valence-corrected chi connectivity index (χ0v) is 11.0. The van der Waals surface area contributed by atoms with E-state index in [4.69, 9.17) is 0 Å². The van der Waals surface area contributed by atoms with Crippen LogP contribution in [0.5, 0.6) is 0 Å². The lowest BCUT2D eigenvalue weighted by Crippen LogP contribution is -2.19. The number of likely N-dealkylation sites (N-methyl/N-ethyl adjacent to an activating group) is 1. The minimum Gasteiger partial charge on any atom is -0.361 e. The summed E-state index contributed by atoms with van der Waals surface area (Å²) in [5, 5.41) is 16.8. The van der Waals surface area contributed by atoms with Crippen molar-refractivity contribution in [1.82, 2.24) is 30.5 Å². The van der Waals surface area contributed by atoms with Gasteiger partial charge in [0.2, 0.25) is 0 Å². The highest BCUT2D eigenvalue weighted by molar-refractivity contribution is 5.84. The largest absolute Gasteiger partial charge is 0.361 e. The number of nitrogens with one attached hydrogen (secondary N) is 2. The molecule has 2 aromatic heterocycles. The van der Waals surface area contributed by atoms with Crippen LogP contribution in [0.4, 0.5) is 0 Å². The number of aromatic nitrogens is 5. The van der Waals surface area contributed by atoms with E-state index < -0.39 is 0 Å². The van der Waals surface area contributed by atoms with Crippen LogP contribution in [0.3, 0.4) is 0 Å². The van der Waals surface area contributed by atoms with Gasteiger partial charge in [-0.25, -0.2) is 0 Å². The van der Waals surface area contributed by atoms with E-state index >= 15 is 0 Å². The maximum atomic E-state index is 4.33. The van der Waals surface area contributed by atoms with Crippen LogP contribution in [0.2, 0.25) is 0 Å². The van der Waals surface area contributed by atoms with Gasteiger partial charge in [-0.15, -0.1) is 10.2 Å². The van der Waals surface area contributed by atoms with Crippen molar-refractivity contribution >= 4 is 10.9 Å². The lowest BCUT2D eigenvalue weighted by molar-refractivity contribution is 0.620. The average molecular weight is 256 g/mol. The SMILES string of the molecule is CNCC(c1nnn(C)n1)c1c[nH]c2ccccc12. The second-order valence-corrected chi connectivity index (χ2v) is 4.54. The molecule has 6 nitrogen and oxygen atoms in total. The van der Waals surface area contributed by atoms with Gasteiger partial charge in [-0.2, -0.15) is 4.80 Å². The molecule has 0 aliphatic heterocycles. The molecule has 3 rings (SSSR count). The maximum Gasteiger partial charge on any atom is 0.183 e. The van der Waals surface area contributed by atoms with Crippen molar-refractivity contribution in [3.63, 3.8) is 0 Å². The zero-order valence-electron chi connectivity index (χ0n) is 11.0. The fourth-order valence-corrected chi connectivity index (χ4v) is 2.36. The number of para-hydroxylation sites is 1. The Morgan fingerprint density at radius 2 is 2.21 bits per heavy atom. The van der Waals surface area contributed by atoms with Gasteiger partial charge in [-0.1, -0.05) is 18.2 Å². The fraction of sp³-hybridized carbons (Fsp3) is 0.308. The van der Waals surface area contributed by atoms with Gasteiger partial charge in [-0.05, 0) is 23.9 Å². The molecule has 0 aliphatic carbocycles. The molecule has 3 aromatic rings. The molecule has 1 aromatic carbocycles. The number of hydrogen-bond acceptors (Lipinski definition) is 4. The van der Waals surface area contributed by atoms with Crippen LogP contribution >= 0.6 is 0 Å². The van der Waals surface area contributed by atoms with Crippen molar-refractivity contribution < 1.29 is 0 Å². The van der Waals surface area contributed by atoms with Gasteiger partial charge in [-0.3, -0.25) is 0 Å². The number of H-pyrrole nitrogens is 1. The van der Waals surface area contributed by atoms with Crippen LogP contribution in [0.1, 0.15) is 17.3 Å². The summed E-state index contributed by atoms with van der Waals surface area (Å²) >= 11 is 0. The van der Waals surface area contributed by atoms with Crippen molar-refractivity contribution in [2.24, 2.45) is 7.05 Å². The Morgan fingerprint density at radius 1 is 1.37 bits per heavy atom. The van der Waals surface area contributed by atoms with Gasteiger partial charge in [0.25, 0.3) is 0 Å². The zero-order chi connectivity index (χ0) is 13.2. The quantitative estimate of drug-likeness (QED) is 0.731. The topological polar surface area (TPSA) is 71.4 Å². The number of fused-ring (bicyclic) bond motifs is 1. The van der Waals surface area contributed by atoms with E-state index in [9.17, 15) is 0 Å². The van der Waals surface area contributed by atoms with Crippen molar-refractivity contribution in [3.8, 4) is 0 Å². The van der Waals surface area contributed by atoms with Gasteiger partial charge in [0, 0.05) is 23.6 Å². The molecule has 0 fully saturated rings. The van der Waals surface area contributed by atoms with Crippen molar-refractivity contribution in [2.45, 2.75) is 5.92 Å². The highest BCUT2D eigenvalue weighted by Crippen LogP contribution is 2.28. The summed E-state index contributed by atoms with van der Waals surface area (Å²) in [5.74, 6) is 0.830. The third-order valence-corrected chi connectivity index (χ3v) is 3.24. The number of hydrogen-bond donors (Lipinski definition) is 2. The summed E-state index contributed by atoms with van der Waals surface area (Å²) in [7, 11) is 3.71. The second kappa shape index (κ2) is 4.81. The van der Waals surface area contributed by atoms with Crippen molar-refractivity contribution in [2.75, 3.05) is 13.6 Å². The average Bonchev–Trinajstić information content (AvgIpc) is 3.03. The minimum atomic E-state index is 0.0925. The highest BCUT2D eigenvalue weighted by atomic mass is 15.6. The molecular weight excluding hydrogens is 240 g/mol. The Labute approximate surface area is 110 Å². The summed E-state index contributed by atoms with van der Waals surface area (Å²) in [4.78, 5) is 4.79. The number of tetrazole rings is 1. The normalized spacial score (nSPS) is 12.9. The van der Waals surface area contributed by atoms with E-state index in [2.05, 4.69) is 37.8 Å². The van der Waals surface area contributed by atoms with E-state index in [0.29, 0.717) is 0 Å². The standard InChI is InChI=1S/C13H16N6/c1-14-7-11(13-16-18-19(2)17-13)10-8-15-12-6-4-3-5-9(10)12/h3-6,8,11,14-15H,7H2,1-2H3. The number of nitrogens with zero attached hydrogens (tertiary/aromatic N) is 4. The molecule has 0 aliphatic rings. The van der Waals surface area contributed by atoms with Gasteiger partial charge in [0.1, 0.15) is 0 Å². The first-order valence-corrected chi connectivity index (χ1v) is 6.24. The van der Waals surface area contributed by atoms with E-state index in [1.54, 1.807) is 7.05 Å². The second-order valence-electron chi connectivity index (χ2n) is 4.54. The van der Waals surface area contributed by atoms with Crippen LogP contribution in [0.25, 0.3) is 10.9 Å². The predicted molar refractivity (Wildman–Crippen MR) is 72.9 cm³/mol. The number of aryl methyl sites for hydroxylation is 1. The summed E-state index contributed by atoms with van der Waals surface area (Å²) in [6.07, 6.45) is 2.03. The smallest absolute Gasteiger partial charge is 0.183 e. The van der Waals surface area contributed by atoms with Crippen molar-refractivity contribution in [3.05, 3.63) is 41.9 Å². The Bertz CT molecular complexity index is 683.